The number of methoxy groups -OCH3 is 1. The van der Waals surface area contributed by atoms with Crippen LogP contribution in [-0.4, -0.2) is 11.7 Å². The summed E-state index contributed by atoms with van der Waals surface area (Å²) in [6.07, 6.45) is 5.20. The van der Waals surface area contributed by atoms with Gasteiger partial charge in [-0.25, -0.2) is 4.99 Å². The van der Waals surface area contributed by atoms with Crippen LogP contribution in [0.2, 0.25) is 0 Å². The highest BCUT2D eigenvalue weighted by Gasteiger charge is 2.32. The van der Waals surface area contributed by atoms with Gasteiger partial charge >= 0.3 is 0 Å². The van der Waals surface area contributed by atoms with Crippen molar-refractivity contribution in [2.75, 3.05) is 7.11 Å². The van der Waals surface area contributed by atoms with Crippen LogP contribution in [0.1, 0.15) is 34.9 Å². The first-order chi connectivity index (χ1) is 15.7. The van der Waals surface area contributed by atoms with Crippen LogP contribution in [0.25, 0.3) is 11.8 Å². The SMILES string of the molecule is COc1cccc([C@@H]2C3=C(N=c4s/c(=C/c5ccco5)c(=O)n42)c2ccccc2CC3)c1. The molecule has 5 nitrogen and oxygen atoms in total. The normalized spacial score (nSPS) is 17.4. The molecule has 0 saturated heterocycles. The van der Waals surface area contributed by atoms with Crippen molar-refractivity contribution in [1.29, 1.82) is 0 Å². The molecule has 0 radical (unpaired) electrons. The van der Waals surface area contributed by atoms with E-state index in [-0.39, 0.29) is 11.6 Å². The number of nitrogens with zero attached hydrogens (tertiary/aromatic N) is 2. The lowest BCUT2D eigenvalue weighted by atomic mass is 9.83. The molecule has 0 fully saturated rings. The van der Waals surface area contributed by atoms with Gasteiger partial charge in [0.15, 0.2) is 4.80 Å². The lowest BCUT2D eigenvalue weighted by Crippen LogP contribution is -2.38. The Hall–Kier alpha value is -3.64. The molecule has 2 aromatic heterocycles. The van der Waals surface area contributed by atoms with Crippen LogP contribution in [-0.2, 0) is 6.42 Å². The molecule has 6 rings (SSSR count). The highest BCUT2D eigenvalue weighted by atomic mass is 32.1. The van der Waals surface area contributed by atoms with E-state index in [1.807, 2.05) is 34.9 Å². The summed E-state index contributed by atoms with van der Waals surface area (Å²) < 4.78 is 13.4. The van der Waals surface area contributed by atoms with E-state index in [9.17, 15) is 4.79 Å². The maximum Gasteiger partial charge on any atom is 0.271 e. The molecule has 0 amide bonds. The smallest absolute Gasteiger partial charge is 0.271 e. The summed E-state index contributed by atoms with van der Waals surface area (Å²) >= 11 is 1.40. The zero-order valence-corrected chi connectivity index (χ0v) is 18.3. The zero-order valence-electron chi connectivity index (χ0n) is 17.4. The van der Waals surface area contributed by atoms with E-state index >= 15 is 0 Å². The minimum absolute atomic E-state index is 0.0524. The van der Waals surface area contributed by atoms with E-state index in [0.29, 0.717) is 15.1 Å². The fraction of sp³-hybridized carbons (Fsp3) is 0.154. The van der Waals surface area contributed by atoms with Gasteiger partial charge in [-0.15, -0.1) is 0 Å². The Kier molecular flexibility index (Phi) is 4.47. The molecule has 158 valence electrons. The minimum Gasteiger partial charge on any atom is -0.497 e. The molecule has 0 unspecified atom stereocenters. The summed E-state index contributed by atoms with van der Waals surface area (Å²) in [5, 5.41) is 0. The summed E-state index contributed by atoms with van der Waals surface area (Å²) in [7, 11) is 1.66. The number of thiazole rings is 1. The van der Waals surface area contributed by atoms with Crippen LogP contribution in [0.5, 0.6) is 5.75 Å². The van der Waals surface area contributed by atoms with Crippen molar-refractivity contribution in [3.8, 4) is 5.75 Å². The van der Waals surface area contributed by atoms with Crippen LogP contribution in [0.3, 0.4) is 0 Å². The topological polar surface area (TPSA) is 56.7 Å². The van der Waals surface area contributed by atoms with Crippen LogP contribution < -0.4 is 19.6 Å². The Balaban J connectivity index is 1.65. The highest BCUT2D eigenvalue weighted by Crippen LogP contribution is 2.41. The molecule has 0 N–H and O–H groups in total. The van der Waals surface area contributed by atoms with Gasteiger partial charge in [0.05, 0.1) is 29.6 Å². The highest BCUT2D eigenvalue weighted by molar-refractivity contribution is 7.07. The molecular formula is C26H20N2O3S. The van der Waals surface area contributed by atoms with Gasteiger partial charge in [0.2, 0.25) is 0 Å². The number of furan rings is 1. The summed E-state index contributed by atoms with van der Waals surface area (Å²) in [6.45, 7) is 0. The zero-order chi connectivity index (χ0) is 21.7. The Morgan fingerprint density at radius 1 is 1.12 bits per heavy atom. The summed E-state index contributed by atoms with van der Waals surface area (Å²) in [4.78, 5) is 19.3. The van der Waals surface area contributed by atoms with Crippen LogP contribution in [0.15, 0.2) is 86.7 Å². The van der Waals surface area contributed by atoms with Crippen LogP contribution in [0.4, 0.5) is 0 Å². The lowest BCUT2D eigenvalue weighted by Gasteiger charge is -2.31. The van der Waals surface area contributed by atoms with Crippen molar-refractivity contribution >= 4 is 23.1 Å². The fourth-order valence-electron chi connectivity index (χ4n) is 4.64. The second-order valence-electron chi connectivity index (χ2n) is 7.91. The number of hydrogen-bond acceptors (Lipinski definition) is 5. The molecule has 6 heteroatoms. The molecule has 4 aromatic rings. The van der Waals surface area contributed by atoms with Gasteiger partial charge in [0.1, 0.15) is 11.5 Å². The van der Waals surface area contributed by atoms with E-state index < -0.39 is 0 Å². The first-order valence-electron chi connectivity index (χ1n) is 10.5. The predicted molar refractivity (Wildman–Crippen MR) is 124 cm³/mol. The van der Waals surface area contributed by atoms with Crippen molar-refractivity contribution < 1.29 is 9.15 Å². The average molecular weight is 441 g/mol. The van der Waals surface area contributed by atoms with Gasteiger partial charge in [-0.2, -0.15) is 0 Å². The first-order valence-corrected chi connectivity index (χ1v) is 11.3. The van der Waals surface area contributed by atoms with Crippen molar-refractivity contribution in [2.24, 2.45) is 4.99 Å². The number of aromatic nitrogens is 1. The van der Waals surface area contributed by atoms with E-state index in [4.69, 9.17) is 14.1 Å². The maximum atomic E-state index is 13.6. The second kappa shape index (κ2) is 7.50. The van der Waals surface area contributed by atoms with Crippen molar-refractivity contribution in [3.05, 3.63) is 115 Å². The average Bonchev–Trinajstić information content (AvgIpc) is 3.46. The Morgan fingerprint density at radius 2 is 2.03 bits per heavy atom. The molecule has 3 heterocycles. The molecular weight excluding hydrogens is 420 g/mol. The molecule has 0 saturated carbocycles. The molecule has 32 heavy (non-hydrogen) atoms. The van der Waals surface area contributed by atoms with Crippen LogP contribution in [0, 0.1) is 0 Å². The quantitative estimate of drug-likeness (QED) is 0.485. The monoisotopic (exact) mass is 440 g/mol. The third-order valence-electron chi connectivity index (χ3n) is 6.10. The van der Waals surface area contributed by atoms with Gasteiger partial charge in [0, 0.05) is 11.6 Å². The van der Waals surface area contributed by atoms with E-state index in [1.165, 1.54) is 22.5 Å². The molecule has 0 spiro atoms. The number of benzene rings is 2. The number of ether oxygens (including phenoxy) is 1. The predicted octanol–water partition coefficient (Wildman–Crippen LogP) is 3.92. The molecule has 2 aliphatic rings. The van der Waals surface area contributed by atoms with Gasteiger partial charge in [-0.1, -0.05) is 47.7 Å². The molecule has 1 aliphatic carbocycles. The second-order valence-corrected chi connectivity index (χ2v) is 8.91. The molecule has 0 bridgehead atoms. The molecule has 1 atom stereocenters. The van der Waals surface area contributed by atoms with Gasteiger partial charge < -0.3 is 9.15 Å². The lowest BCUT2D eigenvalue weighted by molar-refractivity contribution is 0.413. The molecule has 2 aromatic carbocycles. The van der Waals surface area contributed by atoms with E-state index in [0.717, 1.165) is 35.4 Å². The first kappa shape index (κ1) is 19.1. The number of rotatable bonds is 3. The van der Waals surface area contributed by atoms with Crippen LogP contribution >= 0.6 is 11.3 Å². The third kappa shape index (κ3) is 2.99. The van der Waals surface area contributed by atoms with Crippen molar-refractivity contribution in [3.63, 3.8) is 0 Å². The number of hydrogen-bond donors (Lipinski definition) is 0. The van der Waals surface area contributed by atoms with Gasteiger partial charge in [-0.05, 0) is 53.8 Å². The molecule has 1 aliphatic heterocycles. The van der Waals surface area contributed by atoms with Gasteiger partial charge in [-0.3, -0.25) is 9.36 Å². The Labute approximate surface area is 188 Å². The van der Waals surface area contributed by atoms with E-state index in [1.54, 1.807) is 19.4 Å². The number of aryl methyl sites for hydroxylation is 1. The summed E-state index contributed by atoms with van der Waals surface area (Å²) in [6, 6.07) is 19.9. The Bertz CT molecular complexity index is 1540. The van der Waals surface area contributed by atoms with Crippen molar-refractivity contribution in [1.82, 2.24) is 4.57 Å². The van der Waals surface area contributed by atoms with E-state index in [2.05, 4.69) is 30.3 Å². The summed E-state index contributed by atoms with van der Waals surface area (Å²) in [5.41, 5.74) is 5.60. The van der Waals surface area contributed by atoms with Crippen molar-refractivity contribution in [2.45, 2.75) is 18.9 Å². The standard InChI is InChI=1S/C26H20N2O3S/c1-30-18-8-4-7-17(14-18)24-21-12-11-16-6-2-3-10-20(16)23(21)27-26-28(24)25(29)22(32-26)15-19-9-5-13-31-19/h2-10,13-15,24H,11-12H2,1H3/b22-15+/t24-/m1/s1. The Morgan fingerprint density at radius 3 is 2.88 bits per heavy atom. The fourth-order valence-corrected chi connectivity index (χ4v) is 5.62. The number of fused-ring (bicyclic) bond motifs is 3. The minimum atomic E-state index is -0.219. The summed E-state index contributed by atoms with van der Waals surface area (Å²) in [5.74, 6) is 1.43. The van der Waals surface area contributed by atoms with Gasteiger partial charge in [0.25, 0.3) is 5.56 Å². The largest absolute Gasteiger partial charge is 0.497 e. The number of allylic oxidation sites excluding steroid dienone is 1. The third-order valence-corrected chi connectivity index (χ3v) is 7.08. The maximum absolute atomic E-state index is 13.6.